The van der Waals surface area contributed by atoms with E-state index in [1.807, 2.05) is 0 Å². The van der Waals surface area contributed by atoms with Crippen LogP contribution in [0.25, 0.3) is 6.08 Å². The molecule has 0 spiro atoms. The Morgan fingerprint density at radius 3 is 2.23 bits per heavy atom. The maximum Gasteiger partial charge on any atom is 0.276 e. The van der Waals surface area contributed by atoms with Crippen LogP contribution in [-0.4, -0.2) is 44.9 Å². The van der Waals surface area contributed by atoms with Crippen LogP contribution in [0.1, 0.15) is 5.56 Å². The third-order valence-electron chi connectivity index (χ3n) is 3.82. The Morgan fingerprint density at radius 1 is 0.903 bits per heavy atom. The van der Waals surface area contributed by atoms with Gasteiger partial charge in [0.05, 0.1) is 21.3 Å². The molecule has 164 valence electrons. The Labute approximate surface area is 185 Å². The van der Waals surface area contributed by atoms with Crippen LogP contribution in [0.3, 0.4) is 0 Å². The van der Waals surface area contributed by atoms with Gasteiger partial charge in [-0.3, -0.25) is 25.8 Å². The zero-order valence-corrected chi connectivity index (χ0v) is 18.1. The van der Waals surface area contributed by atoms with E-state index in [9.17, 15) is 9.59 Å². The molecule has 0 saturated heterocycles. The fourth-order valence-corrected chi connectivity index (χ4v) is 2.45. The molecule has 0 radical (unpaired) electrons. The highest BCUT2D eigenvalue weighted by Gasteiger charge is 2.06. The number of benzene rings is 2. The topological polar surface area (TPSA) is 107 Å². The molecule has 3 N–H and O–H groups in total. The van der Waals surface area contributed by atoms with Crippen molar-refractivity contribution in [3.8, 4) is 23.0 Å². The van der Waals surface area contributed by atoms with Crippen LogP contribution in [0.5, 0.6) is 23.0 Å². The van der Waals surface area contributed by atoms with Gasteiger partial charge in [0, 0.05) is 6.08 Å². The van der Waals surface area contributed by atoms with E-state index in [2.05, 4.69) is 16.2 Å². The van der Waals surface area contributed by atoms with Crippen LogP contribution in [0, 0.1) is 0 Å². The molecule has 2 rings (SSSR count). The fourth-order valence-electron chi connectivity index (χ4n) is 2.30. The Hall–Kier alpha value is -3.79. The Balaban J connectivity index is 1.74. The van der Waals surface area contributed by atoms with E-state index in [1.54, 1.807) is 62.8 Å². The molecule has 0 unspecified atom stereocenters. The molecule has 2 aromatic rings. The Bertz CT molecular complexity index is 947. The third-order valence-corrected chi connectivity index (χ3v) is 4.02. The number of hydrazine groups is 1. The number of ether oxygens (including phenoxy) is 4. The first kappa shape index (κ1) is 23.5. The molecular weight excluding hydrogens is 422 g/mol. The van der Waals surface area contributed by atoms with Gasteiger partial charge in [-0.25, -0.2) is 0 Å². The molecule has 2 amide bonds. The quantitative estimate of drug-likeness (QED) is 0.321. The van der Waals surface area contributed by atoms with Gasteiger partial charge in [0.25, 0.3) is 5.91 Å². The Morgan fingerprint density at radius 2 is 1.58 bits per heavy atom. The van der Waals surface area contributed by atoms with Crippen molar-refractivity contribution < 1.29 is 28.5 Å². The summed E-state index contributed by atoms with van der Waals surface area (Å²) in [7, 11) is 4.62. The van der Waals surface area contributed by atoms with Crippen molar-refractivity contribution in [2.24, 2.45) is 0 Å². The van der Waals surface area contributed by atoms with Crippen LogP contribution < -0.4 is 35.1 Å². The second-order valence-electron chi connectivity index (χ2n) is 5.90. The number of rotatable bonds is 8. The van der Waals surface area contributed by atoms with Gasteiger partial charge in [0.1, 0.15) is 11.5 Å². The number of nitrogens with one attached hydrogen (secondary N) is 3. The summed E-state index contributed by atoms with van der Waals surface area (Å²) in [4.78, 5) is 23.8. The third kappa shape index (κ3) is 7.86. The van der Waals surface area contributed by atoms with Gasteiger partial charge in [-0.1, -0.05) is 6.07 Å². The molecule has 0 aliphatic rings. The summed E-state index contributed by atoms with van der Waals surface area (Å²) >= 11 is 4.97. The van der Waals surface area contributed by atoms with Crippen molar-refractivity contribution in [1.82, 2.24) is 16.2 Å². The van der Waals surface area contributed by atoms with Crippen molar-refractivity contribution in [1.29, 1.82) is 0 Å². The first-order chi connectivity index (χ1) is 14.9. The van der Waals surface area contributed by atoms with Crippen molar-refractivity contribution in [2.45, 2.75) is 0 Å². The zero-order valence-electron chi connectivity index (χ0n) is 17.3. The second-order valence-corrected chi connectivity index (χ2v) is 6.31. The van der Waals surface area contributed by atoms with E-state index < -0.39 is 11.8 Å². The van der Waals surface area contributed by atoms with Crippen LogP contribution in [0.4, 0.5) is 0 Å². The number of amides is 2. The summed E-state index contributed by atoms with van der Waals surface area (Å²) in [5, 5.41) is 2.34. The molecule has 9 nitrogen and oxygen atoms in total. The summed E-state index contributed by atoms with van der Waals surface area (Å²) in [6, 6.07) is 12.0. The molecule has 10 heteroatoms. The number of hydrogen-bond acceptors (Lipinski definition) is 7. The monoisotopic (exact) mass is 445 g/mol. The number of carbonyl (C=O) groups excluding carboxylic acids is 2. The van der Waals surface area contributed by atoms with Gasteiger partial charge in [-0.15, -0.1) is 0 Å². The van der Waals surface area contributed by atoms with E-state index in [4.69, 9.17) is 31.2 Å². The summed E-state index contributed by atoms with van der Waals surface area (Å²) < 4.78 is 20.8. The van der Waals surface area contributed by atoms with E-state index >= 15 is 0 Å². The number of carbonyl (C=O) groups is 2. The van der Waals surface area contributed by atoms with E-state index in [0.29, 0.717) is 23.0 Å². The van der Waals surface area contributed by atoms with Crippen LogP contribution >= 0.6 is 12.2 Å². The summed E-state index contributed by atoms with van der Waals surface area (Å²) in [5.74, 6) is 1.36. The molecule has 0 aliphatic carbocycles. The van der Waals surface area contributed by atoms with Crippen LogP contribution in [0.2, 0.25) is 0 Å². The van der Waals surface area contributed by atoms with Gasteiger partial charge in [0.15, 0.2) is 23.2 Å². The molecule has 0 atom stereocenters. The van der Waals surface area contributed by atoms with Gasteiger partial charge in [-0.2, -0.15) is 0 Å². The maximum absolute atomic E-state index is 12.0. The molecular formula is C21H23N3O6S. The van der Waals surface area contributed by atoms with Crippen molar-refractivity contribution >= 4 is 35.2 Å². The fraction of sp³-hybridized carbons (Fsp3) is 0.190. The van der Waals surface area contributed by atoms with Gasteiger partial charge in [0.2, 0.25) is 5.91 Å². The molecule has 2 aromatic carbocycles. The molecule has 0 aliphatic heterocycles. The standard InChI is InChI=1S/C21H23N3O6S/c1-27-15-6-8-16(9-7-15)30-13-20(26)23-24-21(31)22-19(25)11-5-14-4-10-17(28-2)18(12-14)29-3/h4-12H,13H2,1-3H3,(H,23,26)(H2,22,24,25,31)/b11-5+. The van der Waals surface area contributed by atoms with Crippen LogP contribution in [-0.2, 0) is 9.59 Å². The highest BCUT2D eigenvalue weighted by Crippen LogP contribution is 2.27. The molecule has 0 saturated carbocycles. The molecule has 0 bridgehead atoms. The molecule has 31 heavy (non-hydrogen) atoms. The SMILES string of the molecule is COc1ccc(OCC(=O)NNC(=S)NC(=O)/C=C/c2ccc(OC)c(OC)c2)cc1. The van der Waals surface area contributed by atoms with Crippen molar-refractivity contribution in [3.05, 3.63) is 54.1 Å². The number of thiocarbonyl (C=S) groups is 1. The van der Waals surface area contributed by atoms with Gasteiger partial charge in [-0.05, 0) is 60.3 Å². The molecule has 0 heterocycles. The lowest BCUT2D eigenvalue weighted by molar-refractivity contribution is -0.123. The Kier molecular flexibility index (Phi) is 9.12. The van der Waals surface area contributed by atoms with Crippen molar-refractivity contribution in [2.75, 3.05) is 27.9 Å². The lowest BCUT2D eigenvalue weighted by Gasteiger charge is -2.11. The summed E-state index contributed by atoms with van der Waals surface area (Å²) in [5.41, 5.74) is 5.49. The second kappa shape index (κ2) is 12.0. The largest absolute Gasteiger partial charge is 0.497 e. The minimum atomic E-state index is -0.478. The van der Waals surface area contributed by atoms with E-state index in [0.717, 1.165) is 5.56 Å². The summed E-state index contributed by atoms with van der Waals surface area (Å²) in [6.07, 6.45) is 2.88. The lowest BCUT2D eigenvalue weighted by atomic mass is 10.2. The normalized spacial score (nSPS) is 10.2. The number of hydrogen-bond donors (Lipinski definition) is 3. The maximum atomic E-state index is 12.0. The highest BCUT2D eigenvalue weighted by atomic mass is 32.1. The first-order valence-electron chi connectivity index (χ1n) is 9.02. The first-order valence-corrected chi connectivity index (χ1v) is 9.42. The van der Waals surface area contributed by atoms with Crippen LogP contribution in [0.15, 0.2) is 48.5 Å². The number of methoxy groups -OCH3 is 3. The lowest BCUT2D eigenvalue weighted by Crippen LogP contribution is -2.49. The highest BCUT2D eigenvalue weighted by molar-refractivity contribution is 7.80. The minimum absolute atomic E-state index is 0.0697. The zero-order chi connectivity index (χ0) is 22.6. The van der Waals surface area contributed by atoms with Gasteiger partial charge < -0.3 is 18.9 Å². The van der Waals surface area contributed by atoms with Crippen molar-refractivity contribution in [3.63, 3.8) is 0 Å². The average Bonchev–Trinajstić information content (AvgIpc) is 2.80. The minimum Gasteiger partial charge on any atom is -0.497 e. The van der Waals surface area contributed by atoms with Gasteiger partial charge >= 0.3 is 0 Å². The predicted octanol–water partition coefficient (Wildman–Crippen LogP) is 1.83. The molecule has 0 aromatic heterocycles. The molecule has 0 fully saturated rings. The van der Waals surface area contributed by atoms with E-state index in [-0.39, 0.29) is 11.7 Å². The smallest absolute Gasteiger partial charge is 0.276 e. The predicted molar refractivity (Wildman–Crippen MR) is 119 cm³/mol. The summed E-state index contributed by atoms with van der Waals surface area (Å²) in [6.45, 7) is -0.241. The van der Waals surface area contributed by atoms with E-state index in [1.165, 1.54) is 13.2 Å². The average molecular weight is 445 g/mol.